The minimum Gasteiger partial charge on any atom is -0.294 e. The van der Waals surface area contributed by atoms with Gasteiger partial charge in [0.15, 0.2) is 4.96 Å². The number of sulfonamides is 1. The first-order valence-corrected chi connectivity index (χ1v) is 11.0. The molecule has 1 N–H and O–H groups in total. The standard InChI is InChI=1S/C19H15ClFN3O2S2/c1-12-18(10-22-28(25,26)16-8-4-14(20)5-9-16)27-19-23-17(11-24(12)19)13-2-6-15(21)7-3-13/h2-9,11,22H,10H2,1H3. The number of rotatable bonds is 5. The van der Waals surface area contributed by atoms with E-state index in [0.717, 1.165) is 26.8 Å². The zero-order chi connectivity index (χ0) is 19.9. The van der Waals surface area contributed by atoms with Crippen molar-refractivity contribution >= 4 is 37.9 Å². The molecule has 2 aromatic carbocycles. The number of fused-ring (bicyclic) bond motifs is 1. The van der Waals surface area contributed by atoms with Crippen molar-refractivity contribution in [1.82, 2.24) is 14.1 Å². The molecule has 28 heavy (non-hydrogen) atoms. The lowest BCUT2D eigenvalue weighted by Crippen LogP contribution is -2.23. The molecule has 2 heterocycles. The highest BCUT2D eigenvalue weighted by atomic mass is 35.5. The molecule has 5 nitrogen and oxygen atoms in total. The summed E-state index contributed by atoms with van der Waals surface area (Å²) >= 11 is 7.22. The Hall–Kier alpha value is -2.26. The number of halogens is 2. The van der Waals surface area contributed by atoms with E-state index in [-0.39, 0.29) is 17.3 Å². The first-order valence-electron chi connectivity index (χ1n) is 8.32. The molecule has 0 aliphatic carbocycles. The number of hydrogen-bond acceptors (Lipinski definition) is 4. The van der Waals surface area contributed by atoms with Crippen LogP contribution in [0.15, 0.2) is 59.6 Å². The van der Waals surface area contributed by atoms with Crippen LogP contribution in [0.1, 0.15) is 10.6 Å². The van der Waals surface area contributed by atoms with E-state index >= 15 is 0 Å². The van der Waals surface area contributed by atoms with Crippen LogP contribution in [0.4, 0.5) is 4.39 Å². The summed E-state index contributed by atoms with van der Waals surface area (Å²) in [6.45, 7) is 2.07. The Labute approximate surface area is 170 Å². The third-order valence-corrected chi connectivity index (χ3v) is 7.17. The predicted molar refractivity (Wildman–Crippen MR) is 109 cm³/mol. The van der Waals surface area contributed by atoms with Gasteiger partial charge < -0.3 is 0 Å². The molecule has 0 saturated carbocycles. The fourth-order valence-electron chi connectivity index (χ4n) is 2.78. The van der Waals surface area contributed by atoms with Gasteiger partial charge in [0.2, 0.25) is 10.0 Å². The molecule has 0 unspecified atom stereocenters. The van der Waals surface area contributed by atoms with Gasteiger partial charge in [-0.2, -0.15) is 0 Å². The first-order chi connectivity index (χ1) is 13.3. The molecule has 0 aliphatic rings. The van der Waals surface area contributed by atoms with Crippen molar-refractivity contribution in [3.63, 3.8) is 0 Å². The van der Waals surface area contributed by atoms with Crippen LogP contribution in [0.25, 0.3) is 16.2 Å². The molecular weight excluding hydrogens is 421 g/mol. The maximum Gasteiger partial charge on any atom is 0.240 e. The highest BCUT2D eigenvalue weighted by Crippen LogP contribution is 2.27. The Morgan fingerprint density at radius 3 is 2.46 bits per heavy atom. The lowest BCUT2D eigenvalue weighted by atomic mass is 10.2. The van der Waals surface area contributed by atoms with Gasteiger partial charge in [0, 0.05) is 33.9 Å². The highest BCUT2D eigenvalue weighted by molar-refractivity contribution is 7.89. The molecule has 0 spiro atoms. The molecule has 0 saturated heterocycles. The minimum absolute atomic E-state index is 0.162. The molecule has 2 aromatic heterocycles. The number of nitrogens with zero attached hydrogens (tertiary/aromatic N) is 2. The summed E-state index contributed by atoms with van der Waals surface area (Å²) in [6.07, 6.45) is 1.87. The van der Waals surface area contributed by atoms with E-state index in [1.54, 1.807) is 12.1 Å². The molecule has 9 heteroatoms. The second kappa shape index (κ2) is 7.29. The highest BCUT2D eigenvalue weighted by Gasteiger charge is 2.17. The summed E-state index contributed by atoms with van der Waals surface area (Å²) < 4.78 is 42.5. The van der Waals surface area contributed by atoms with Crippen molar-refractivity contribution in [2.45, 2.75) is 18.4 Å². The maximum absolute atomic E-state index is 13.1. The molecule has 0 atom stereocenters. The lowest BCUT2D eigenvalue weighted by molar-refractivity contribution is 0.581. The molecular formula is C19H15ClFN3O2S2. The molecule has 4 aromatic rings. The molecule has 0 fully saturated rings. The summed E-state index contributed by atoms with van der Waals surface area (Å²) in [5, 5.41) is 0.478. The van der Waals surface area contributed by atoms with Gasteiger partial charge in [-0.05, 0) is 55.5 Å². The van der Waals surface area contributed by atoms with Crippen molar-refractivity contribution < 1.29 is 12.8 Å². The van der Waals surface area contributed by atoms with E-state index in [1.807, 2.05) is 17.5 Å². The summed E-state index contributed by atoms with van der Waals surface area (Å²) in [7, 11) is -3.63. The van der Waals surface area contributed by atoms with E-state index in [4.69, 9.17) is 11.6 Å². The van der Waals surface area contributed by atoms with E-state index in [9.17, 15) is 12.8 Å². The molecule has 4 rings (SSSR count). The van der Waals surface area contributed by atoms with Gasteiger partial charge in [-0.15, -0.1) is 0 Å². The molecule has 0 aliphatic heterocycles. The van der Waals surface area contributed by atoms with Crippen LogP contribution in [0.5, 0.6) is 0 Å². The predicted octanol–water partition coefficient (Wildman–Crippen LogP) is 4.64. The van der Waals surface area contributed by atoms with Gasteiger partial charge in [-0.1, -0.05) is 22.9 Å². The second-order valence-electron chi connectivity index (χ2n) is 6.17. The van der Waals surface area contributed by atoms with E-state index < -0.39 is 10.0 Å². The van der Waals surface area contributed by atoms with Gasteiger partial charge in [0.05, 0.1) is 10.6 Å². The van der Waals surface area contributed by atoms with Crippen LogP contribution in [0, 0.1) is 12.7 Å². The van der Waals surface area contributed by atoms with Crippen LogP contribution in [-0.2, 0) is 16.6 Å². The second-order valence-corrected chi connectivity index (χ2v) is 9.44. The van der Waals surface area contributed by atoms with Gasteiger partial charge in [0.1, 0.15) is 5.82 Å². The first kappa shape index (κ1) is 19.1. The number of aryl methyl sites for hydroxylation is 1. The molecule has 144 valence electrons. The summed E-state index contributed by atoms with van der Waals surface area (Å²) in [5.41, 5.74) is 2.46. The third-order valence-electron chi connectivity index (χ3n) is 4.34. The van der Waals surface area contributed by atoms with Gasteiger partial charge in [-0.25, -0.2) is 22.5 Å². The van der Waals surface area contributed by atoms with Gasteiger partial charge in [-0.3, -0.25) is 4.40 Å². The molecule has 0 bridgehead atoms. The van der Waals surface area contributed by atoms with E-state index in [0.29, 0.717) is 5.02 Å². The third kappa shape index (κ3) is 3.68. The monoisotopic (exact) mass is 435 g/mol. The van der Waals surface area contributed by atoms with Crippen molar-refractivity contribution in [2.75, 3.05) is 0 Å². The van der Waals surface area contributed by atoms with E-state index in [1.165, 1.54) is 47.7 Å². The maximum atomic E-state index is 13.1. The Balaban J connectivity index is 1.56. The Kier molecular flexibility index (Phi) is 4.96. The minimum atomic E-state index is -3.63. The zero-order valence-electron chi connectivity index (χ0n) is 14.7. The quantitative estimate of drug-likeness (QED) is 0.496. The van der Waals surface area contributed by atoms with Crippen molar-refractivity contribution in [3.8, 4) is 11.3 Å². The van der Waals surface area contributed by atoms with Gasteiger partial charge in [0.25, 0.3) is 0 Å². The molecule has 0 amide bonds. The number of imidazole rings is 1. The smallest absolute Gasteiger partial charge is 0.240 e. The Morgan fingerprint density at radius 2 is 1.82 bits per heavy atom. The van der Waals surface area contributed by atoms with Crippen LogP contribution < -0.4 is 4.72 Å². The van der Waals surface area contributed by atoms with Crippen LogP contribution in [0.2, 0.25) is 5.02 Å². The number of nitrogens with one attached hydrogen (secondary N) is 1. The van der Waals surface area contributed by atoms with Crippen LogP contribution in [0.3, 0.4) is 0 Å². The fourth-order valence-corrected chi connectivity index (χ4v) is 5.03. The number of aromatic nitrogens is 2. The van der Waals surface area contributed by atoms with Gasteiger partial charge >= 0.3 is 0 Å². The summed E-state index contributed by atoms with van der Waals surface area (Å²) in [5.74, 6) is -0.295. The largest absolute Gasteiger partial charge is 0.294 e. The topological polar surface area (TPSA) is 63.5 Å². The van der Waals surface area contributed by atoms with Crippen molar-refractivity contribution in [2.24, 2.45) is 0 Å². The summed E-state index contributed by atoms with van der Waals surface area (Å²) in [4.78, 5) is 6.35. The van der Waals surface area contributed by atoms with Crippen LogP contribution in [-0.4, -0.2) is 17.8 Å². The van der Waals surface area contributed by atoms with E-state index in [2.05, 4.69) is 9.71 Å². The normalized spacial score (nSPS) is 12.0. The number of benzene rings is 2. The fraction of sp³-hybridized carbons (Fsp3) is 0.105. The average Bonchev–Trinajstić information content (AvgIpc) is 3.21. The van der Waals surface area contributed by atoms with Crippen LogP contribution >= 0.6 is 22.9 Å². The SMILES string of the molecule is Cc1c(CNS(=O)(=O)c2ccc(Cl)cc2)sc2nc(-c3ccc(F)cc3)cn12. The number of thiazole rings is 1. The zero-order valence-corrected chi connectivity index (χ0v) is 17.1. The number of hydrogen-bond donors (Lipinski definition) is 1. The molecule has 0 radical (unpaired) electrons. The lowest BCUT2D eigenvalue weighted by Gasteiger charge is -2.06. The van der Waals surface area contributed by atoms with Crippen molar-refractivity contribution in [1.29, 1.82) is 0 Å². The summed E-state index contributed by atoms with van der Waals surface area (Å²) in [6, 6.07) is 12.2. The van der Waals surface area contributed by atoms with Crippen molar-refractivity contribution in [3.05, 3.63) is 76.1 Å². The Morgan fingerprint density at radius 1 is 1.14 bits per heavy atom. The average molecular weight is 436 g/mol. The Bertz CT molecular complexity index is 1250.